The second-order valence-corrected chi connectivity index (χ2v) is 6.92. The molecular weight excluding hydrogens is 388 g/mol. The Morgan fingerprint density at radius 2 is 1.55 bits per heavy atom. The SMILES string of the molecule is CCOC(=O)Oc1ccc(NC(=O)Nc2ccccc2Sc2ccccc2)cc1. The van der Waals surface area contributed by atoms with E-state index in [0.29, 0.717) is 17.1 Å². The van der Waals surface area contributed by atoms with Crippen LogP contribution in [0.15, 0.2) is 88.7 Å². The van der Waals surface area contributed by atoms with Crippen molar-refractivity contribution >= 4 is 35.3 Å². The maximum absolute atomic E-state index is 12.4. The summed E-state index contributed by atoms with van der Waals surface area (Å²) in [5.41, 5.74) is 1.27. The summed E-state index contributed by atoms with van der Waals surface area (Å²) in [6.07, 6.45) is -0.765. The first kappa shape index (κ1) is 20.3. The van der Waals surface area contributed by atoms with Crippen LogP contribution in [0.5, 0.6) is 5.75 Å². The predicted molar refractivity (Wildman–Crippen MR) is 114 cm³/mol. The fourth-order valence-corrected chi connectivity index (χ4v) is 3.33. The van der Waals surface area contributed by atoms with Crippen LogP contribution in [0.4, 0.5) is 21.0 Å². The van der Waals surface area contributed by atoms with E-state index in [4.69, 9.17) is 9.47 Å². The number of anilines is 2. The Kier molecular flexibility index (Phi) is 7.13. The maximum atomic E-state index is 12.4. The molecule has 0 aliphatic heterocycles. The number of urea groups is 1. The van der Waals surface area contributed by atoms with Crippen LogP contribution < -0.4 is 15.4 Å². The van der Waals surface area contributed by atoms with Gasteiger partial charge < -0.3 is 20.1 Å². The van der Waals surface area contributed by atoms with E-state index in [1.807, 2.05) is 54.6 Å². The number of amides is 2. The molecule has 0 atom stereocenters. The van der Waals surface area contributed by atoms with E-state index in [9.17, 15) is 9.59 Å². The summed E-state index contributed by atoms with van der Waals surface area (Å²) >= 11 is 1.57. The van der Waals surface area contributed by atoms with Crippen LogP contribution in [0.1, 0.15) is 6.92 Å². The zero-order valence-corrected chi connectivity index (χ0v) is 16.6. The maximum Gasteiger partial charge on any atom is 0.513 e. The number of hydrogen-bond donors (Lipinski definition) is 2. The fourth-order valence-electron chi connectivity index (χ4n) is 2.41. The van der Waals surface area contributed by atoms with Crippen molar-refractivity contribution in [2.45, 2.75) is 16.7 Å². The van der Waals surface area contributed by atoms with Gasteiger partial charge in [-0.25, -0.2) is 9.59 Å². The molecule has 0 spiro atoms. The van der Waals surface area contributed by atoms with E-state index in [1.165, 1.54) is 0 Å². The zero-order valence-electron chi connectivity index (χ0n) is 15.8. The van der Waals surface area contributed by atoms with Gasteiger partial charge in [-0.15, -0.1) is 0 Å². The molecule has 0 fully saturated rings. The van der Waals surface area contributed by atoms with Crippen molar-refractivity contribution in [2.24, 2.45) is 0 Å². The summed E-state index contributed by atoms with van der Waals surface area (Å²) < 4.78 is 9.71. The third-order valence-electron chi connectivity index (χ3n) is 3.68. The molecule has 0 aliphatic carbocycles. The monoisotopic (exact) mass is 408 g/mol. The number of hydrogen-bond acceptors (Lipinski definition) is 5. The van der Waals surface area contributed by atoms with E-state index in [0.717, 1.165) is 9.79 Å². The van der Waals surface area contributed by atoms with Crippen LogP contribution >= 0.6 is 11.8 Å². The number of carbonyl (C=O) groups excluding carboxylic acids is 2. The van der Waals surface area contributed by atoms with Crippen molar-refractivity contribution in [1.29, 1.82) is 0 Å². The van der Waals surface area contributed by atoms with Gasteiger partial charge in [0.15, 0.2) is 0 Å². The minimum absolute atomic E-state index is 0.239. The van der Waals surface area contributed by atoms with Gasteiger partial charge in [0.1, 0.15) is 5.75 Å². The molecule has 6 nitrogen and oxygen atoms in total. The highest BCUT2D eigenvalue weighted by molar-refractivity contribution is 7.99. The van der Waals surface area contributed by atoms with E-state index in [2.05, 4.69) is 10.6 Å². The summed E-state index contributed by atoms with van der Waals surface area (Å²) in [5, 5.41) is 5.62. The normalized spacial score (nSPS) is 10.1. The van der Waals surface area contributed by atoms with E-state index >= 15 is 0 Å². The molecule has 148 valence electrons. The van der Waals surface area contributed by atoms with Crippen molar-refractivity contribution in [1.82, 2.24) is 0 Å². The van der Waals surface area contributed by atoms with Crippen LogP contribution in [0.25, 0.3) is 0 Å². The molecule has 7 heteroatoms. The topological polar surface area (TPSA) is 76.7 Å². The Hall–Kier alpha value is -3.45. The molecule has 0 saturated carbocycles. The van der Waals surface area contributed by atoms with E-state index in [1.54, 1.807) is 43.0 Å². The number of nitrogens with one attached hydrogen (secondary N) is 2. The summed E-state index contributed by atoms with van der Waals surface area (Å²) in [5.74, 6) is 0.332. The molecular formula is C22H20N2O4S. The first-order valence-electron chi connectivity index (χ1n) is 8.98. The van der Waals surface area contributed by atoms with Gasteiger partial charge in [-0.2, -0.15) is 0 Å². The molecule has 0 aliphatic rings. The lowest BCUT2D eigenvalue weighted by atomic mass is 10.3. The van der Waals surface area contributed by atoms with E-state index in [-0.39, 0.29) is 12.6 Å². The smallest absolute Gasteiger partial charge is 0.434 e. The molecule has 2 N–H and O–H groups in total. The van der Waals surface area contributed by atoms with Crippen LogP contribution in [0.3, 0.4) is 0 Å². The fraction of sp³-hybridized carbons (Fsp3) is 0.0909. The predicted octanol–water partition coefficient (Wildman–Crippen LogP) is 6.02. The Morgan fingerprint density at radius 3 is 2.28 bits per heavy atom. The number of carbonyl (C=O) groups is 2. The minimum Gasteiger partial charge on any atom is -0.434 e. The Labute approximate surface area is 173 Å². The summed E-state index contributed by atoms with van der Waals surface area (Å²) in [6.45, 7) is 1.94. The van der Waals surface area contributed by atoms with Gasteiger partial charge in [-0.05, 0) is 55.5 Å². The average molecular weight is 408 g/mol. The van der Waals surface area contributed by atoms with Crippen LogP contribution in [-0.2, 0) is 4.74 Å². The number of rotatable bonds is 6. The Morgan fingerprint density at radius 1 is 0.862 bits per heavy atom. The molecule has 3 rings (SSSR count). The first-order chi connectivity index (χ1) is 14.1. The quantitative estimate of drug-likeness (QED) is 0.385. The highest BCUT2D eigenvalue weighted by atomic mass is 32.2. The molecule has 2 amide bonds. The molecule has 29 heavy (non-hydrogen) atoms. The molecule has 3 aromatic rings. The molecule has 3 aromatic carbocycles. The van der Waals surface area contributed by atoms with Crippen molar-refractivity contribution < 1.29 is 19.1 Å². The van der Waals surface area contributed by atoms with Crippen molar-refractivity contribution in [2.75, 3.05) is 17.2 Å². The van der Waals surface area contributed by atoms with Gasteiger partial charge in [0, 0.05) is 15.5 Å². The summed E-state index contributed by atoms with van der Waals surface area (Å²) in [4.78, 5) is 25.7. The van der Waals surface area contributed by atoms with Crippen molar-refractivity contribution in [3.8, 4) is 5.75 Å². The molecule has 0 saturated heterocycles. The molecule has 0 aromatic heterocycles. The van der Waals surface area contributed by atoms with Gasteiger partial charge in [-0.3, -0.25) is 0 Å². The molecule has 0 radical (unpaired) electrons. The largest absolute Gasteiger partial charge is 0.513 e. The average Bonchev–Trinajstić information content (AvgIpc) is 2.72. The van der Waals surface area contributed by atoms with Crippen LogP contribution in [-0.4, -0.2) is 18.8 Å². The standard InChI is InChI=1S/C22H20N2O4S/c1-2-27-22(26)28-17-14-12-16(13-15-17)23-21(25)24-19-10-6-7-11-20(19)29-18-8-4-3-5-9-18/h3-15H,2H2,1H3,(H2,23,24,25). The molecule has 0 heterocycles. The Balaban J connectivity index is 1.60. The van der Waals surface area contributed by atoms with E-state index < -0.39 is 6.16 Å². The second-order valence-electron chi connectivity index (χ2n) is 5.80. The third-order valence-corrected chi connectivity index (χ3v) is 4.77. The van der Waals surface area contributed by atoms with Crippen LogP contribution in [0.2, 0.25) is 0 Å². The Bertz CT molecular complexity index is 962. The first-order valence-corrected chi connectivity index (χ1v) is 9.80. The van der Waals surface area contributed by atoms with Crippen molar-refractivity contribution in [3.63, 3.8) is 0 Å². The highest BCUT2D eigenvalue weighted by Gasteiger charge is 2.09. The van der Waals surface area contributed by atoms with Gasteiger partial charge in [0.25, 0.3) is 0 Å². The number of ether oxygens (including phenoxy) is 2. The lowest BCUT2D eigenvalue weighted by molar-refractivity contribution is 0.104. The van der Waals surface area contributed by atoms with Crippen LogP contribution in [0, 0.1) is 0 Å². The molecule has 0 unspecified atom stereocenters. The van der Waals surface area contributed by atoms with Crippen molar-refractivity contribution in [3.05, 3.63) is 78.9 Å². The lowest BCUT2D eigenvalue weighted by Gasteiger charge is -2.12. The zero-order chi connectivity index (χ0) is 20.5. The number of para-hydroxylation sites is 1. The lowest BCUT2D eigenvalue weighted by Crippen LogP contribution is -2.19. The molecule has 0 bridgehead atoms. The highest BCUT2D eigenvalue weighted by Crippen LogP contribution is 2.33. The number of benzene rings is 3. The van der Waals surface area contributed by atoms with Gasteiger partial charge in [0.2, 0.25) is 0 Å². The van der Waals surface area contributed by atoms with Gasteiger partial charge >= 0.3 is 12.2 Å². The minimum atomic E-state index is -0.765. The summed E-state index contributed by atoms with van der Waals surface area (Å²) in [6, 6.07) is 23.6. The van der Waals surface area contributed by atoms with Gasteiger partial charge in [-0.1, -0.05) is 42.1 Å². The second kappa shape index (κ2) is 10.2. The summed E-state index contributed by atoms with van der Waals surface area (Å²) in [7, 11) is 0. The third kappa shape index (κ3) is 6.29. The van der Waals surface area contributed by atoms with Gasteiger partial charge in [0.05, 0.1) is 12.3 Å².